The molecule has 3 heterocycles. The van der Waals surface area contributed by atoms with Gasteiger partial charge in [-0.05, 0) is 26.7 Å². The molecule has 1 atom stereocenters. The molecule has 1 unspecified atom stereocenters. The van der Waals surface area contributed by atoms with Crippen LogP contribution < -0.4 is 10.2 Å². The van der Waals surface area contributed by atoms with Gasteiger partial charge in [-0.2, -0.15) is 5.10 Å². The number of hydrogen-bond donors (Lipinski definition) is 1. The summed E-state index contributed by atoms with van der Waals surface area (Å²) < 4.78 is 1.78. The molecule has 0 radical (unpaired) electrons. The molecule has 1 aromatic rings. The molecular formula is C17H25N5O3. The first-order chi connectivity index (χ1) is 12.0. The fourth-order valence-corrected chi connectivity index (χ4v) is 3.44. The lowest BCUT2D eigenvalue weighted by Crippen LogP contribution is -2.51. The van der Waals surface area contributed by atoms with E-state index in [4.69, 9.17) is 0 Å². The standard InChI is InChI=1S/C17H25N5O3/c1-12-11-14-21(19-12)10-6-16(24)22(14)13(2)17(25)18-7-4-9-20-8-3-5-15(20)23/h11,13H,3-10H2,1-2H3,(H,18,25). The van der Waals surface area contributed by atoms with Gasteiger partial charge in [-0.15, -0.1) is 0 Å². The maximum absolute atomic E-state index is 12.4. The predicted octanol–water partition coefficient (Wildman–Crippen LogP) is 0.445. The fraction of sp³-hybridized carbons (Fsp3) is 0.647. The number of aromatic nitrogens is 2. The third-order valence-corrected chi connectivity index (χ3v) is 4.78. The summed E-state index contributed by atoms with van der Waals surface area (Å²) in [7, 11) is 0. The third kappa shape index (κ3) is 3.67. The van der Waals surface area contributed by atoms with Gasteiger partial charge in [0.05, 0.1) is 12.2 Å². The molecule has 1 fully saturated rings. The van der Waals surface area contributed by atoms with Crippen LogP contribution in [-0.4, -0.2) is 58.1 Å². The lowest BCUT2D eigenvalue weighted by atomic mass is 10.2. The van der Waals surface area contributed by atoms with Gasteiger partial charge in [0.25, 0.3) is 0 Å². The van der Waals surface area contributed by atoms with E-state index >= 15 is 0 Å². The summed E-state index contributed by atoms with van der Waals surface area (Å²) in [5.41, 5.74) is 0.831. The number of carbonyl (C=O) groups excluding carboxylic acids is 3. The second-order valence-electron chi connectivity index (χ2n) is 6.69. The number of carbonyl (C=O) groups is 3. The highest BCUT2D eigenvalue weighted by atomic mass is 16.2. The number of fused-ring (bicyclic) bond motifs is 1. The van der Waals surface area contributed by atoms with Gasteiger partial charge in [-0.1, -0.05) is 0 Å². The highest BCUT2D eigenvalue weighted by Gasteiger charge is 2.33. The third-order valence-electron chi connectivity index (χ3n) is 4.78. The van der Waals surface area contributed by atoms with Gasteiger partial charge in [-0.25, -0.2) is 4.68 Å². The van der Waals surface area contributed by atoms with Crippen LogP contribution in [0.5, 0.6) is 0 Å². The van der Waals surface area contributed by atoms with Gasteiger partial charge in [0.15, 0.2) is 0 Å². The molecule has 0 bridgehead atoms. The van der Waals surface area contributed by atoms with E-state index in [9.17, 15) is 14.4 Å². The van der Waals surface area contributed by atoms with E-state index in [2.05, 4.69) is 10.4 Å². The Balaban J connectivity index is 1.53. The second kappa shape index (κ2) is 7.25. The van der Waals surface area contributed by atoms with E-state index in [1.807, 2.05) is 17.9 Å². The van der Waals surface area contributed by atoms with Crippen molar-refractivity contribution in [1.82, 2.24) is 20.0 Å². The Labute approximate surface area is 147 Å². The molecule has 0 saturated carbocycles. The lowest BCUT2D eigenvalue weighted by molar-refractivity contribution is -0.127. The van der Waals surface area contributed by atoms with E-state index in [-0.39, 0.29) is 17.7 Å². The molecule has 3 rings (SSSR count). The first-order valence-corrected chi connectivity index (χ1v) is 8.89. The van der Waals surface area contributed by atoms with Crippen LogP contribution in [0.3, 0.4) is 0 Å². The van der Waals surface area contributed by atoms with Crippen LogP contribution in [0.2, 0.25) is 0 Å². The minimum atomic E-state index is -0.587. The maximum Gasteiger partial charge on any atom is 0.242 e. The molecule has 136 valence electrons. The molecule has 1 saturated heterocycles. The molecule has 25 heavy (non-hydrogen) atoms. The van der Waals surface area contributed by atoms with Gasteiger partial charge in [0.1, 0.15) is 11.9 Å². The Bertz CT molecular complexity index is 684. The van der Waals surface area contributed by atoms with E-state index in [0.29, 0.717) is 38.3 Å². The zero-order chi connectivity index (χ0) is 18.0. The Morgan fingerprint density at radius 2 is 2.08 bits per heavy atom. The second-order valence-corrected chi connectivity index (χ2v) is 6.69. The normalized spacial score (nSPS) is 18.5. The number of likely N-dealkylation sites (tertiary alicyclic amines) is 1. The van der Waals surface area contributed by atoms with Crippen LogP contribution in [0.1, 0.15) is 38.3 Å². The summed E-state index contributed by atoms with van der Waals surface area (Å²) >= 11 is 0. The van der Waals surface area contributed by atoms with Crippen molar-refractivity contribution < 1.29 is 14.4 Å². The van der Waals surface area contributed by atoms with E-state index in [0.717, 1.165) is 25.1 Å². The van der Waals surface area contributed by atoms with Crippen molar-refractivity contribution in [3.05, 3.63) is 11.8 Å². The summed E-state index contributed by atoms with van der Waals surface area (Å²) in [6.07, 6.45) is 2.62. The van der Waals surface area contributed by atoms with Crippen LogP contribution in [0.4, 0.5) is 5.82 Å². The topological polar surface area (TPSA) is 87.5 Å². The van der Waals surface area contributed by atoms with Crippen molar-refractivity contribution in [1.29, 1.82) is 0 Å². The molecule has 1 N–H and O–H groups in total. The fourth-order valence-electron chi connectivity index (χ4n) is 3.44. The average Bonchev–Trinajstić information content (AvgIpc) is 3.15. The Kier molecular flexibility index (Phi) is 5.06. The smallest absolute Gasteiger partial charge is 0.242 e. The van der Waals surface area contributed by atoms with Crippen molar-refractivity contribution in [3.8, 4) is 0 Å². The van der Waals surface area contributed by atoms with Crippen LogP contribution in [-0.2, 0) is 20.9 Å². The molecule has 1 aromatic heterocycles. The zero-order valence-corrected chi connectivity index (χ0v) is 14.8. The molecular weight excluding hydrogens is 322 g/mol. The Morgan fingerprint density at radius 3 is 2.80 bits per heavy atom. The minimum absolute atomic E-state index is 0.0577. The van der Waals surface area contributed by atoms with Crippen LogP contribution >= 0.6 is 0 Å². The largest absolute Gasteiger partial charge is 0.354 e. The van der Waals surface area contributed by atoms with Crippen molar-refractivity contribution in [2.24, 2.45) is 0 Å². The summed E-state index contributed by atoms with van der Waals surface area (Å²) in [6, 6.07) is 1.25. The predicted molar refractivity (Wildman–Crippen MR) is 92.0 cm³/mol. The van der Waals surface area contributed by atoms with Crippen molar-refractivity contribution in [3.63, 3.8) is 0 Å². The summed E-state index contributed by atoms with van der Waals surface area (Å²) in [6.45, 7) is 6.13. The Morgan fingerprint density at radius 1 is 1.28 bits per heavy atom. The monoisotopic (exact) mass is 347 g/mol. The number of nitrogens with zero attached hydrogens (tertiary/aromatic N) is 4. The minimum Gasteiger partial charge on any atom is -0.354 e. The van der Waals surface area contributed by atoms with Gasteiger partial charge in [0.2, 0.25) is 17.7 Å². The first kappa shape index (κ1) is 17.4. The number of amides is 3. The molecule has 2 aliphatic rings. The number of rotatable bonds is 6. The number of nitrogens with one attached hydrogen (secondary N) is 1. The van der Waals surface area contributed by atoms with Gasteiger partial charge in [0, 0.05) is 38.5 Å². The van der Waals surface area contributed by atoms with Crippen molar-refractivity contribution >= 4 is 23.5 Å². The molecule has 8 nitrogen and oxygen atoms in total. The number of hydrogen-bond acceptors (Lipinski definition) is 4. The van der Waals surface area contributed by atoms with Crippen LogP contribution in [0, 0.1) is 6.92 Å². The summed E-state index contributed by atoms with van der Waals surface area (Å²) in [5.74, 6) is 0.632. The quantitative estimate of drug-likeness (QED) is 0.757. The van der Waals surface area contributed by atoms with Crippen molar-refractivity contribution in [2.75, 3.05) is 24.5 Å². The maximum atomic E-state index is 12.4. The molecule has 0 spiro atoms. The molecule has 8 heteroatoms. The van der Waals surface area contributed by atoms with Crippen LogP contribution in [0.25, 0.3) is 0 Å². The van der Waals surface area contributed by atoms with Gasteiger partial charge in [-0.3, -0.25) is 19.3 Å². The molecule has 2 aliphatic heterocycles. The first-order valence-electron chi connectivity index (χ1n) is 8.89. The summed E-state index contributed by atoms with van der Waals surface area (Å²) in [5, 5.41) is 7.23. The SMILES string of the molecule is Cc1cc2n(n1)CCC(=O)N2C(C)C(=O)NCCCN1CCCC1=O. The summed E-state index contributed by atoms with van der Waals surface area (Å²) in [4.78, 5) is 39.7. The van der Waals surface area contributed by atoms with E-state index < -0.39 is 6.04 Å². The van der Waals surface area contributed by atoms with Gasteiger partial charge >= 0.3 is 0 Å². The average molecular weight is 347 g/mol. The van der Waals surface area contributed by atoms with Crippen LogP contribution in [0.15, 0.2) is 6.07 Å². The van der Waals surface area contributed by atoms with Crippen molar-refractivity contribution in [2.45, 2.75) is 52.1 Å². The highest BCUT2D eigenvalue weighted by Crippen LogP contribution is 2.24. The number of anilines is 1. The molecule has 0 aromatic carbocycles. The van der Waals surface area contributed by atoms with E-state index in [1.165, 1.54) is 4.90 Å². The zero-order valence-electron chi connectivity index (χ0n) is 14.8. The molecule has 3 amide bonds. The van der Waals surface area contributed by atoms with Gasteiger partial charge < -0.3 is 10.2 Å². The highest BCUT2D eigenvalue weighted by molar-refractivity contribution is 6.00. The number of aryl methyl sites for hydroxylation is 2. The Hall–Kier alpha value is -2.38. The lowest BCUT2D eigenvalue weighted by Gasteiger charge is -2.32. The van der Waals surface area contributed by atoms with E-state index in [1.54, 1.807) is 11.6 Å². The molecule has 0 aliphatic carbocycles.